The molecular weight excluding hydrogens is 323 g/mol. The van der Waals surface area contributed by atoms with Crippen LogP contribution in [0.1, 0.15) is 53.4 Å². The number of rotatable bonds is 3. The summed E-state index contributed by atoms with van der Waals surface area (Å²) in [6.45, 7) is 2.85. The minimum Gasteiger partial charge on any atom is -0.338 e. The molecule has 0 aromatic carbocycles. The van der Waals surface area contributed by atoms with Gasteiger partial charge in [0, 0.05) is 24.7 Å². The standard InChI is InChI=1S/C15H18F3N5O/c1-2-10-6-11(22-21-10)14(24)23-5-3-4-9(8-23)13-19-7-12(20-13)15(16,17)18/h6-7,9H,2-5,8H2,1H3,(H,19,20)(H,21,22)/t9-/m1/s1. The van der Waals surface area contributed by atoms with Crippen LogP contribution in [0.2, 0.25) is 0 Å². The lowest BCUT2D eigenvalue weighted by atomic mass is 9.97. The Bertz CT molecular complexity index is 721. The normalized spacial score (nSPS) is 18.8. The number of likely N-dealkylation sites (tertiary alicyclic amines) is 1. The maximum atomic E-state index is 12.7. The molecule has 9 heteroatoms. The molecule has 24 heavy (non-hydrogen) atoms. The van der Waals surface area contributed by atoms with Crippen LogP contribution in [0.15, 0.2) is 12.3 Å². The smallest absolute Gasteiger partial charge is 0.338 e. The Morgan fingerprint density at radius 1 is 1.46 bits per heavy atom. The lowest BCUT2D eigenvalue weighted by Gasteiger charge is -2.31. The summed E-state index contributed by atoms with van der Waals surface area (Å²) < 4.78 is 38.0. The number of carbonyl (C=O) groups excluding carboxylic acids is 1. The summed E-state index contributed by atoms with van der Waals surface area (Å²) in [7, 11) is 0. The van der Waals surface area contributed by atoms with Gasteiger partial charge in [-0.25, -0.2) is 4.98 Å². The van der Waals surface area contributed by atoms with Gasteiger partial charge >= 0.3 is 6.18 Å². The van der Waals surface area contributed by atoms with E-state index in [4.69, 9.17) is 0 Å². The van der Waals surface area contributed by atoms with Gasteiger partial charge < -0.3 is 9.88 Å². The number of aromatic nitrogens is 4. The molecule has 130 valence electrons. The molecule has 1 aliphatic heterocycles. The lowest BCUT2D eigenvalue weighted by molar-refractivity contribution is -0.141. The average Bonchev–Trinajstić information content (AvgIpc) is 3.23. The number of hydrogen-bond acceptors (Lipinski definition) is 3. The van der Waals surface area contributed by atoms with Crippen LogP contribution in [0.5, 0.6) is 0 Å². The van der Waals surface area contributed by atoms with E-state index < -0.39 is 11.9 Å². The highest BCUT2D eigenvalue weighted by molar-refractivity contribution is 5.92. The maximum absolute atomic E-state index is 12.7. The highest BCUT2D eigenvalue weighted by atomic mass is 19.4. The fourth-order valence-electron chi connectivity index (χ4n) is 2.89. The number of imidazole rings is 1. The highest BCUT2D eigenvalue weighted by Gasteiger charge is 2.35. The molecular formula is C15H18F3N5O. The Morgan fingerprint density at radius 3 is 2.88 bits per heavy atom. The number of H-pyrrole nitrogens is 2. The van der Waals surface area contributed by atoms with Crippen molar-refractivity contribution in [3.8, 4) is 0 Å². The number of amides is 1. The molecule has 1 atom stereocenters. The number of alkyl halides is 3. The molecule has 0 aliphatic carbocycles. The van der Waals surface area contributed by atoms with Gasteiger partial charge in [-0.1, -0.05) is 6.92 Å². The van der Waals surface area contributed by atoms with Crippen LogP contribution in [-0.2, 0) is 12.6 Å². The predicted octanol–water partition coefficient (Wildman–Crippen LogP) is 2.73. The van der Waals surface area contributed by atoms with E-state index in [0.29, 0.717) is 31.6 Å². The van der Waals surface area contributed by atoms with E-state index in [0.717, 1.165) is 18.3 Å². The second-order valence-corrected chi connectivity index (χ2v) is 5.90. The van der Waals surface area contributed by atoms with E-state index in [1.54, 1.807) is 11.0 Å². The first-order chi connectivity index (χ1) is 11.4. The Labute approximate surface area is 136 Å². The second kappa shape index (κ2) is 6.29. The molecule has 2 N–H and O–H groups in total. The molecule has 3 rings (SSSR count). The quantitative estimate of drug-likeness (QED) is 0.901. The molecule has 0 saturated carbocycles. The monoisotopic (exact) mass is 341 g/mol. The van der Waals surface area contributed by atoms with E-state index in [1.807, 2.05) is 6.92 Å². The van der Waals surface area contributed by atoms with Crippen molar-refractivity contribution in [3.63, 3.8) is 0 Å². The average molecular weight is 341 g/mol. The largest absolute Gasteiger partial charge is 0.432 e. The Kier molecular flexibility index (Phi) is 4.33. The second-order valence-electron chi connectivity index (χ2n) is 5.90. The van der Waals surface area contributed by atoms with Crippen molar-refractivity contribution in [1.29, 1.82) is 0 Å². The van der Waals surface area contributed by atoms with Crippen molar-refractivity contribution in [2.24, 2.45) is 0 Å². The summed E-state index contributed by atoms with van der Waals surface area (Å²) >= 11 is 0. The first kappa shape index (κ1) is 16.5. The molecule has 1 fully saturated rings. The van der Waals surface area contributed by atoms with E-state index in [-0.39, 0.29) is 17.6 Å². The molecule has 1 saturated heterocycles. The van der Waals surface area contributed by atoms with Gasteiger partial charge in [0.1, 0.15) is 17.2 Å². The summed E-state index contributed by atoms with van der Waals surface area (Å²) in [6.07, 6.45) is -1.49. The van der Waals surface area contributed by atoms with Gasteiger partial charge in [0.25, 0.3) is 5.91 Å². The van der Waals surface area contributed by atoms with Crippen LogP contribution >= 0.6 is 0 Å². The first-order valence-corrected chi connectivity index (χ1v) is 7.84. The molecule has 0 spiro atoms. The van der Waals surface area contributed by atoms with Crippen LogP contribution < -0.4 is 0 Å². The first-order valence-electron chi connectivity index (χ1n) is 7.84. The summed E-state index contributed by atoms with van der Waals surface area (Å²) in [5.41, 5.74) is 0.344. The van der Waals surface area contributed by atoms with E-state index in [2.05, 4.69) is 20.2 Å². The summed E-state index contributed by atoms with van der Waals surface area (Å²) in [5, 5.41) is 6.81. The molecule has 3 heterocycles. The van der Waals surface area contributed by atoms with Crippen LogP contribution in [-0.4, -0.2) is 44.1 Å². The van der Waals surface area contributed by atoms with Crippen molar-refractivity contribution >= 4 is 5.91 Å². The lowest BCUT2D eigenvalue weighted by Crippen LogP contribution is -2.39. The third-order valence-corrected chi connectivity index (χ3v) is 4.23. The number of carbonyl (C=O) groups is 1. The van der Waals surface area contributed by atoms with Crippen molar-refractivity contribution in [3.05, 3.63) is 35.2 Å². The number of piperidine rings is 1. The zero-order valence-electron chi connectivity index (χ0n) is 13.2. The van der Waals surface area contributed by atoms with Crippen LogP contribution in [0.25, 0.3) is 0 Å². The number of halogens is 3. The summed E-state index contributed by atoms with van der Waals surface area (Å²) in [4.78, 5) is 20.3. The Hall–Kier alpha value is -2.32. The summed E-state index contributed by atoms with van der Waals surface area (Å²) in [5.74, 6) is -0.169. The van der Waals surface area contributed by atoms with Gasteiger partial charge in [0.2, 0.25) is 0 Å². The van der Waals surface area contributed by atoms with Gasteiger partial charge in [-0.05, 0) is 25.3 Å². The van der Waals surface area contributed by atoms with Gasteiger partial charge in [0.05, 0.1) is 6.20 Å². The zero-order chi connectivity index (χ0) is 17.3. The van der Waals surface area contributed by atoms with E-state index in [1.165, 1.54) is 0 Å². The summed E-state index contributed by atoms with van der Waals surface area (Å²) in [6, 6.07) is 1.71. The molecule has 1 amide bonds. The van der Waals surface area contributed by atoms with Crippen molar-refractivity contribution in [1.82, 2.24) is 25.1 Å². The number of aryl methyl sites for hydroxylation is 1. The number of nitrogens with zero attached hydrogens (tertiary/aromatic N) is 3. The van der Waals surface area contributed by atoms with Crippen molar-refractivity contribution in [2.75, 3.05) is 13.1 Å². The predicted molar refractivity (Wildman–Crippen MR) is 79.4 cm³/mol. The topological polar surface area (TPSA) is 77.7 Å². The van der Waals surface area contributed by atoms with Gasteiger partial charge in [-0.3, -0.25) is 9.89 Å². The third kappa shape index (κ3) is 3.29. The SMILES string of the molecule is CCc1cc(C(=O)N2CCC[C@@H](c3ncc(C(F)(F)F)[nH]3)C2)n[nH]1. The third-order valence-electron chi connectivity index (χ3n) is 4.23. The minimum atomic E-state index is -4.44. The maximum Gasteiger partial charge on any atom is 0.432 e. The molecule has 1 aliphatic rings. The molecule has 0 bridgehead atoms. The minimum absolute atomic E-state index is 0.210. The molecule has 6 nitrogen and oxygen atoms in total. The van der Waals surface area contributed by atoms with Crippen molar-refractivity contribution in [2.45, 2.75) is 38.3 Å². The zero-order valence-corrected chi connectivity index (χ0v) is 13.2. The van der Waals surface area contributed by atoms with Crippen LogP contribution in [0.3, 0.4) is 0 Å². The van der Waals surface area contributed by atoms with Crippen LogP contribution in [0, 0.1) is 0 Å². The highest BCUT2D eigenvalue weighted by Crippen LogP contribution is 2.31. The van der Waals surface area contributed by atoms with E-state index in [9.17, 15) is 18.0 Å². The van der Waals surface area contributed by atoms with Gasteiger partial charge in [0.15, 0.2) is 0 Å². The molecule has 2 aromatic heterocycles. The molecule has 2 aromatic rings. The Morgan fingerprint density at radius 2 is 2.25 bits per heavy atom. The van der Waals surface area contributed by atoms with Gasteiger partial charge in [-0.2, -0.15) is 18.3 Å². The number of hydrogen-bond donors (Lipinski definition) is 2. The number of aromatic amines is 2. The van der Waals surface area contributed by atoms with Gasteiger partial charge in [-0.15, -0.1) is 0 Å². The van der Waals surface area contributed by atoms with Crippen molar-refractivity contribution < 1.29 is 18.0 Å². The molecule has 0 radical (unpaired) electrons. The molecule has 0 unspecified atom stereocenters. The fraction of sp³-hybridized carbons (Fsp3) is 0.533. The Balaban J connectivity index is 1.72. The van der Waals surface area contributed by atoms with Crippen LogP contribution in [0.4, 0.5) is 13.2 Å². The fourth-order valence-corrected chi connectivity index (χ4v) is 2.89. The van der Waals surface area contributed by atoms with E-state index >= 15 is 0 Å². The number of nitrogens with one attached hydrogen (secondary N) is 2.